The van der Waals surface area contributed by atoms with E-state index in [0.29, 0.717) is 52.9 Å². The summed E-state index contributed by atoms with van der Waals surface area (Å²) >= 11 is 5.95. The van der Waals surface area contributed by atoms with Crippen LogP contribution < -0.4 is 15.4 Å². The average molecular weight is 540 g/mol. The van der Waals surface area contributed by atoms with E-state index in [1.807, 2.05) is 6.08 Å². The van der Waals surface area contributed by atoms with Crippen molar-refractivity contribution in [1.82, 2.24) is 14.9 Å². The molecule has 5 rings (SSSR count). The lowest BCUT2D eigenvalue weighted by Crippen LogP contribution is -2.42. The number of rotatable bonds is 10. The minimum absolute atomic E-state index is 0.00334. The normalized spacial score (nSPS) is 19.8. The molecule has 2 N–H and O–H groups in total. The monoisotopic (exact) mass is 539 g/mol. The second-order valence-corrected chi connectivity index (χ2v) is 10.3. The van der Waals surface area contributed by atoms with Gasteiger partial charge in [0.15, 0.2) is 0 Å². The highest BCUT2D eigenvalue weighted by Gasteiger charge is 2.35. The Kier molecular flexibility index (Phi) is 7.78. The summed E-state index contributed by atoms with van der Waals surface area (Å²) in [5, 5.41) is 6.80. The largest absolute Gasteiger partial charge is 0.491 e. The van der Waals surface area contributed by atoms with Crippen molar-refractivity contribution in [3.8, 4) is 5.75 Å². The number of fused-ring (bicyclic) bond motifs is 1. The van der Waals surface area contributed by atoms with E-state index in [1.165, 1.54) is 24.5 Å². The number of halogens is 2. The molecule has 1 saturated heterocycles. The van der Waals surface area contributed by atoms with Gasteiger partial charge in [-0.1, -0.05) is 17.7 Å². The van der Waals surface area contributed by atoms with Gasteiger partial charge in [0.25, 0.3) is 0 Å². The van der Waals surface area contributed by atoms with Crippen molar-refractivity contribution in [2.45, 2.75) is 38.3 Å². The van der Waals surface area contributed by atoms with Gasteiger partial charge in [0.1, 0.15) is 29.4 Å². The molecule has 1 aliphatic heterocycles. The van der Waals surface area contributed by atoms with Crippen LogP contribution >= 0.6 is 11.6 Å². The Morgan fingerprint density at radius 3 is 2.89 bits per heavy atom. The molecular formula is C28H31ClFN5O3. The fourth-order valence-corrected chi connectivity index (χ4v) is 4.75. The van der Waals surface area contributed by atoms with Gasteiger partial charge in [-0.3, -0.25) is 9.69 Å². The summed E-state index contributed by atoms with van der Waals surface area (Å²) in [6.45, 7) is 4.19. The minimum Gasteiger partial charge on any atom is -0.491 e. The molecule has 1 atom stereocenters. The van der Waals surface area contributed by atoms with Gasteiger partial charge >= 0.3 is 0 Å². The molecule has 0 unspecified atom stereocenters. The third kappa shape index (κ3) is 6.06. The second kappa shape index (κ2) is 11.2. The van der Waals surface area contributed by atoms with Crippen LogP contribution in [0.2, 0.25) is 5.02 Å². The molecule has 1 saturated carbocycles. The van der Waals surface area contributed by atoms with E-state index < -0.39 is 5.82 Å². The third-order valence-electron chi connectivity index (χ3n) is 7.12. The number of carbonyl (C=O) groups excluding carboxylic acids is 1. The van der Waals surface area contributed by atoms with E-state index in [9.17, 15) is 9.18 Å². The molecule has 3 aromatic rings. The number of nitrogens with one attached hydrogen (secondary N) is 2. The lowest BCUT2D eigenvalue weighted by atomic mass is 10.1. The Balaban J connectivity index is 1.38. The number of benzene rings is 2. The zero-order valence-electron chi connectivity index (χ0n) is 21.5. The van der Waals surface area contributed by atoms with E-state index in [2.05, 4.69) is 32.4 Å². The maximum atomic E-state index is 13.6. The van der Waals surface area contributed by atoms with Crippen LogP contribution in [0.15, 0.2) is 48.8 Å². The van der Waals surface area contributed by atoms with Crippen LogP contribution in [0.25, 0.3) is 10.9 Å². The van der Waals surface area contributed by atoms with Crippen LogP contribution in [-0.4, -0.2) is 53.3 Å². The highest BCUT2D eigenvalue weighted by atomic mass is 35.5. The molecule has 2 fully saturated rings. The summed E-state index contributed by atoms with van der Waals surface area (Å²) in [6.07, 6.45) is 9.13. The highest BCUT2D eigenvalue weighted by Crippen LogP contribution is 2.36. The number of amides is 1. The summed E-state index contributed by atoms with van der Waals surface area (Å²) in [4.78, 5) is 23.9. The van der Waals surface area contributed by atoms with Crippen LogP contribution in [0.4, 0.5) is 21.6 Å². The fourth-order valence-electron chi connectivity index (χ4n) is 4.57. The molecule has 0 bridgehead atoms. The molecule has 2 aromatic carbocycles. The molecular weight excluding hydrogens is 509 g/mol. The minimum atomic E-state index is -0.503. The van der Waals surface area contributed by atoms with Crippen LogP contribution in [0, 0.1) is 11.7 Å². The van der Waals surface area contributed by atoms with E-state index in [4.69, 9.17) is 21.1 Å². The van der Waals surface area contributed by atoms with Crippen molar-refractivity contribution in [1.29, 1.82) is 0 Å². The summed E-state index contributed by atoms with van der Waals surface area (Å²) in [6, 6.07) is 7.94. The summed E-state index contributed by atoms with van der Waals surface area (Å²) in [7, 11) is 1.72. The molecule has 10 heteroatoms. The zero-order chi connectivity index (χ0) is 26.7. The van der Waals surface area contributed by atoms with Crippen LogP contribution in [-0.2, 0) is 9.53 Å². The van der Waals surface area contributed by atoms with Gasteiger partial charge in [-0.25, -0.2) is 14.4 Å². The van der Waals surface area contributed by atoms with Gasteiger partial charge in [0.2, 0.25) is 5.91 Å². The number of anilines is 3. The van der Waals surface area contributed by atoms with Crippen molar-refractivity contribution in [2.24, 2.45) is 5.92 Å². The number of likely N-dealkylation sites (tertiary alicyclic amines) is 1. The van der Waals surface area contributed by atoms with E-state index >= 15 is 0 Å². The summed E-state index contributed by atoms with van der Waals surface area (Å²) in [5.74, 6) is 0.806. The topological polar surface area (TPSA) is 88.6 Å². The molecule has 1 amide bonds. The van der Waals surface area contributed by atoms with Gasteiger partial charge in [-0.15, -0.1) is 0 Å². The standard InChI is InChI=1S/C28H31ClFN5O3/c1-28(37-2)10-4-12-35(28)11-3-5-26(36)34-24-14-20-23(15-25(24)38-16-18-6-7-18)31-17-32-27(20)33-19-8-9-22(30)21(29)13-19/h3,5,8-9,13-15,17-18H,4,6-7,10-12,16H2,1-2H3,(H,34,36)(H,31,32,33)/t28-/m1/s1. The molecule has 8 nitrogen and oxygen atoms in total. The van der Waals surface area contributed by atoms with Crippen molar-refractivity contribution in [2.75, 3.05) is 37.4 Å². The lowest BCUT2D eigenvalue weighted by molar-refractivity contribution is -0.112. The number of aromatic nitrogens is 2. The van der Waals surface area contributed by atoms with E-state index in [-0.39, 0.29) is 16.7 Å². The molecule has 0 radical (unpaired) electrons. The summed E-state index contributed by atoms with van der Waals surface area (Å²) < 4.78 is 25.4. The maximum Gasteiger partial charge on any atom is 0.248 e. The number of nitrogens with zero attached hydrogens (tertiary/aromatic N) is 3. The SMILES string of the molecule is CO[C@]1(C)CCCN1CC=CC(=O)Nc1cc2c(Nc3ccc(F)c(Cl)c3)ncnc2cc1OCC1CC1. The molecule has 2 heterocycles. The Morgan fingerprint density at radius 2 is 2.13 bits per heavy atom. The summed E-state index contributed by atoms with van der Waals surface area (Å²) in [5.41, 5.74) is 1.43. The van der Waals surface area contributed by atoms with Crippen molar-refractivity contribution < 1.29 is 18.7 Å². The predicted octanol–water partition coefficient (Wildman–Crippen LogP) is 5.91. The van der Waals surface area contributed by atoms with Crippen molar-refractivity contribution in [3.63, 3.8) is 0 Å². The Hall–Kier alpha value is -3.27. The fraction of sp³-hybridized carbons (Fsp3) is 0.393. The van der Waals surface area contributed by atoms with Gasteiger partial charge in [0, 0.05) is 43.4 Å². The first-order chi connectivity index (χ1) is 18.3. The average Bonchev–Trinajstić information content (AvgIpc) is 3.66. The van der Waals surface area contributed by atoms with Crippen LogP contribution in [0.1, 0.15) is 32.6 Å². The van der Waals surface area contributed by atoms with Gasteiger partial charge < -0.3 is 20.1 Å². The smallest absolute Gasteiger partial charge is 0.248 e. The molecule has 38 heavy (non-hydrogen) atoms. The first-order valence-electron chi connectivity index (χ1n) is 12.8. The Morgan fingerprint density at radius 1 is 1.29 bits per heavy atom. The lowest BCUT2D eigenvalue weighted by Gasteiger charge is -2.32. The molecule has 2 aliphatic rings. The Bertz CT molecular complexity index is 1370. The number of ether oxygens (including phenoxy) is 2. The van der Waals surface area contributed by atoms with E-state index in [0.717, 1.165) is 32.2 Å². The molecule has 200 valence electrons. The first kappa shape index (κ1) is 26.3. The number of hydrogen-bond donors (Lipinski definition) is 2. The number of methoxy groups -OCH3 is 1. The van der Waals surface area contributed by atoms with Crippen molar-refractivity contribution in [3.05, 3.63) is 59.7 Å². The molecule has 1 aliphatic carbocycles. The Labute approximate surface area is 226 Å². The molecule has 0 spiro atoms. The van der Waals surface area contributed by atoms with Gasteiger partial charge in [0.05, 0.1) is 22.8 Å². The van der Waals surface area contributed by atoms with Gasteiger partial charge in [-0.05, 0) is 62.8 Å². The maximum absolute atomic E-state index is 13.6. The van der Waals surface area contributed by atoms with Crippen LogP contribution in [0.5, 0.6) is 5.75 Å². The molecule has 1 aromatic heterocycles. The van der Waals surface area contributed by atoms with Gasteiger partial charge in [-0.2, -0.15) is 0 Å². The van der Waals surface area contributed by atoms with Crippen LogP contribution in [0.3, 0.4) is 0 Å². The van der Waals surface area contributed by atoms with E-state index in [1.54, 1.807) is 25.3 Å². The number of hydrogen-bond acceptors (Lipinski definition) is 7. The van der Waals surface area contributed by atoms with Crippen molar-refractivity contribution >= 4 is 45.6 Å². The zero-order valence-corrected chi connectivity index (χ0v) is 22.2. The predicted molar refractivity (Wildman–Crippen MR) is 146 cm³/mol. The highest BCUT2D eigenvalue weighted by molar-refractivity contribution is 6.31. The quantitative estimate of drug-likeness (QED) is 0.310. The first-order valence-corrected chi connectivity index (χ1v) is 13.1. The second-order valence-electron chi connectivity index (χ2n) is 9.92. The number of carbonyl (C=O) groups is 1. The third-order valence-corrected chi connectivity index (χ3v) is 7.41.